The average Bonchev–Trinajstić information content (AvgIpc) is 3.41. The lowest BCUT2D eigenvalue weighted by atomic mass is 9.76. The van der Waals surface area contributed by atoms with Crippen LogP contribution in [0.3, 0.4) is 0 Å². The summed E-state index contributed by atoms with van der Waals surface area (Å²) in [6.07, 6.45) is 6.28. The first-order valence-electron chi connectivity index (χ1n) is 9.76. The van der Waals surface area contributed by atoms with Crippen LogP contribution < -0.4 is 16.1 Å². The van der Waals surface area contributed by atoms with Gasteiger partial charge in [-0.3, -0.25) is 15.5 Å². The maximum atomic E-state index is 12.2. The smallest absolute Gasteiger partial charge is 0.256 e. The number of carbonyl (C=O) groups excluding carboxylic acids is 1. The number of amides is 1. The first-order chi connectivity index (χ1) is 13.2. The molecular formula is C19H25N7O. The van der Waals surface area contributed by atoms with Crippen molar-refractivity contribution in [3.63, 3.8) is 0 Å². The molecular weight excluding hydrogens is 342 g/mol. The molecule has 0 bridgehead atoms. The van der Waals surface area contributed by atoms with E-state index >= 15 is 0 Å². The fourth-order valence-electron chi connectivity index (χ4n) is 4.75. The van der Waals surface area contributed by atoms with Gasteiger partial charge in [-0.05, 0) is 37.4 Å². The number of hydrogen-bond donors (Lipinski definition) is 3. The van der Waals surface area contributed by atoms with Crippen molar-refractivity contribution >= 4 is 11.6 Å². The first kappa shape index (κ1) is 16.7. The number of fused-ring (bicyclic) bond motifs is 3. The fraction of sp³-hybridized carbons (Fsp3) is 0.526. The van der Waals surface area contributed by atoms with E-state index in [-0.39, 0.29) is 24.0 Å². The number of nitrogens with one attached hydrogen (secondary N) is 3. The van der Waals surface area contributed by atoms with Gasteiger partial charge in [-0.2, -0.15) is 0 Å². The minimum atomic E-state index is -0.0419. The summed E-state index contributed by atoms with van der Waals surface area (Å²) in [4.78, 5) is 12.2. The van der Waals surface area contributed by atoms with Crippen LogP contribution in [0.25, 0.3) is 0 Å². The third kappa shape index (κ3) is 2.98. The zero-order chi connectivity index (χ0) is 18.3. The predicted molar refractivity (Wildman–Crippen MR) is 101 cm³/mol. The molecule has 2 aromatic rings. The standard InChI is InChI=1S/C19H25N7O/c27-17(23-25-9-3-4-10-25)13-26-12-14(22-24-26)11-19-7-8-20-18(19)21-16-6-2-1-5-15(16)19/h1-2,5-6,12,18,20-21H,3-4,7-11,13H2,(H,23,27)/t18-,19-/m1/s1. The highest BCUT2D eigenvalue weighted by Gasteiger charge is 2.50. The van der Waals surface area contributed by atoms with Gasteiger partial charge in [0.1, 0.15) is 6.54 Å². The molecule has 5 rings (SSSR count). The highest BCUT2D eigenvalue weighted by atomic mass is 16.2. The Kier molecular flexibility index (Phi) is 4.09. The van der Waals surface area contributed by atoms with E-state index in [1.165, 1.54) is 11.3 Å². The van der Waals surface area contributed by atoms with Crippen LogP contribution in [0.1, 0.15) is 30.5 Å². The molecule has 8 heteroatoms. The van der Waals surface area contributed by atoms with E-state index < -0.39 is 0 Å². The molecule has 1 amide bonds. The third-order valence-electron chi connectivity index (χ3n) is 6.01. The number of anilines is 1. The van der Waals surface area contributed by atoms with E-state index in [0.717, 1.165) is 51.0 Å². The minimum Gasteiger partial charge on any atom is -0.369 e. The van der Waals surface area contributed by atoms with Gasteiger partial charge in [0.15, 0.2) is 0 Å². The van der Waals surface area contributed by atoms with Gasteiger partial charge in [0.2, 0.25) is 0 Å². The number of nitrogens with zero attached hydrogens (tertiary/aromatic N) is 4. The number of hydrazine groups is 1. The molecule has 0 unspecified atom stereocenters. The van der Waals surface area contributed by atoms with E-state index in [9.17, 15) is 4.79 Å². The topological polar surface area (TPSA) is 87.1 Å². The molecule has 0 spiro atoms. The van der Waals surface area contributed by atoms with Crippen molar-refractivity contribution < 1.29 is 4.79 Å². The van der Waals surface area contributed by atoms with E-state index in [1.807, 2.05) is 11.2 Å². The van der Waals surface area contributed by atoms with Gasteiger partial charge in [-0.15, -0.1) is 5.10 Å². The van der Waals surface area contributed by atoms with Crippen molar-refractivity contribution in [3.05, 3.63) is 41.7 Å². The van der Waals surface area contributed by atoms with E-state index in [0.29, 0.717) is 0 Å². The molecule has 8 nitrogen and oxygen atoms in total. The summed E-state index contributed by atoms with van der Waals surface area (Å²) in [6, 6.07) is 8.51. The summed E-state index contributed by atoms with van der Waals surface area (Å²) in [5.41, 5.74) is 6.42. The second-order valence-corrected chi connectivity index (χ2v) is 7.80. The van der Waals surface area contributed by atoms with Gasteiger partial charge in [-0.1, -0.05) is 23.4 Å². The number of benzene rings is 1. The summed E-state index contributed by atoms with van der Waals surface area (Å²) in [6.45, 7) is 3.04. The second-order valence-electron chi connectivity index (χ2n) is 7.80. The SMILES string of the molecule is O=C(Cn1cc(C[C@@]23CCN[C@@H]2Nc2ccccc23)nn1)NN1CCCC1. The molecule has 2 fully saturated rings. The van der Waals surface area contributed by atoms with Gasteiger partial charge in [0, 0.05) is 36.8 Å². The molecule has 0 saturated carbocycles. The Morgan fingerprint density at radius 3 is 3.04 bits per heavy atom. The maximum Gasteiger partial charge on any atom is 0.256 e. The Hall–Kier alpha value is -2.45. The summed E-state index contributed by atoms with van der Waals surface area (Å²) in [5, 5.41) is 17.7. The fourth-order valence-corrected chi connectivity index (χ4v) is 4.75. The second kappa shape index (κ2) is 6.61. The normalized spacial score (nSPS) is 26.6. The van der Waals surface area contributed by atoms with Gasteiger partial charge < -0.3 is 5.32 Å². The molecule has 2 atom stereocenters. The van der Waals surface area contributed by atoms with E-state index in [1.54, 1.807) is 4.68 Å². The number of rotatable bonds is 5. The Bertz CT molecular complexity index is 844. The maximum absolute atomic E-state index is 12.2. The molecule has 1 aromatic carbocycles. The molecule has 142 valence electrons. The molecule has 3 aliphatic rings. The van der Waals surface area contributed by atoms with Crippen LogP contribution in [0, 0.1) is 0 Å². The monoisotopic (exact) mass is 367 g/mol. The highest BCUT2D eigenvalue weighted by Crippen LogP contribution is 2.46. The van der Waals surface area contributed by atoms with Crippen molar-refractivity contribution in [3.8, 4) is 0 Å². The highest BCUT2D eigenvalue weighted by molar-refractivity contribution is 5.75. The van der Waals surface area contributed by atoms with Gasteiger partial charge in [-0.25, -0.2) is 9.69 Å². The van der Waals surface area contributed by atoms with Gasteiger partial charge in [0.05, 0.1) is 11.9 Å². The number of aromatic nitrogens is 3. The van der Waals surface area contributed by atoms with Crippen molar-refractivity contribution in [1.29, 1.82) is 0 Å². The molecule has 27 heavy (non-hydrogen) atoms. The minimum absolute atomic E-state index is 0.00470. The van der Waals surface area contributed by atoms with Crippen LogP contribution in [-0.2, 0) is 23.2 Å². The zero-order valence-corrected chi connectivity index (χ0v) is 15.3. The van der Waals surface area contributed by atoms with Crippen molar-refractivity contribution in [1.82, 2.24) is 30.7 Å². The molecule has 1 aromatic heterocycles. The Morgan fingerprint density at radius 2 is 2.15 bits per heavy atom. The zero-order valence-electron chi connectivity index (χ0n) is 15.3. The van der Waals surface area contributed by atoms with Crippen molar-refractivity contribution in [2.45, 2.75) is 43.8 Å². The summed E-state index contributed by atoms with van der Waals surface area (Å²) in [7, 11) is 0. The van der Waals surface area contributed by atoms with E-state index in [4.69, 9.17) is 0 Å². The Morgan fingerprint density at radius 1 is 1.30 bits per heavy atom. The van der Waals surface area contributed by atoms with Crippen LogP contribution >= 0.6 is 0 Å². The van der Waals surface area contributed by atoms with E-state index in [2.05, 4.69) is 50.6 Å². The summed E-state index contributed by atoms with van der Waals surface area (Å²) >= 11 is 0. The lowest BCUT2D eigenvalue weighted by molar-refractivity contribution is -0.126. The average molecular weight is 367 g/mol. The molecule has 2 saturated heterocycles. The van der Waals surface area contributed by atoms with Crippen molar-refractivity contribution in [2.24, 2.45) is 0 Å². The Balaban J connectivity index is 1.30. The van der Waals surface area contributed by atoms with Crippen LogP contribution in [0.2, 0.25) is 0 Å². The van der Waals surface area contributed by atoms with Crippen LogP contribution in [0.4, 0.5) is 5.69 Å². The lowest BCUT2D eigenvalue weighted by Gasteiger charge is -2.28. The summed E-state index contributed by atoms with van der Waals surface area (Å²) < 4.78 is 1.64. The first-order valence-corrected chi connectivity index (χ1v) is 9.76. The number of para-hydroxylation sites is 1. The van der Waals surface area contributed by atoms with Gasteiger partial charge in [0.25, 0.3) is 5.91 Å². The van der Waals surface area contributed by atoms with Crippen molar-refractivity contribution in [2.75, 3.05) is 25.0 Å². The summed E-state index contributed by atoms with van der Waals surface area (Å²) in [5.74, 6) is -0.0419. The molecule has 0 aliphatic carbocycles. The molecule has 0 radical (unpaired) electrons. The largest absolute Gasteiger partial charge is 0.369 e. The molecule has 3 N–H and O–H groups in total. The molecule has 4 heterocycles. The third-order valence-corrected chi connectivity index (χ3v) is 6.01. The Labute approximate surface area is 158 Å². The lowest BCUT2D eigenvalue weighted by Crippen LogP contribution is -2.42. The number of carbonyl (C=O) groups is 1. The number of hydrogen-bond acceptors (Lipinski definition) is 6. The van der Waals surface area contributed by atoms with Crippen LogP contribution in [-0.4, -0.2) is 51.7 Å². The van der Waals surface area contributed by atoms with Crippen LogP contribution in [0.5, 0.6) is 0 Å². The van der Waals surface area contributed by atoms with Crippen LogP contribution in [0.15, 0.2) is 30.5 Å². The quantitative estimate of drug-likeness (QED) is 0.719. The van der Waals surface area contributed by atoms with Gasteiger partial charge >= 0.3 is 0 Å². The predicted octanol–water partition coefficient (Wildman–Crippen LogP) is 0.631. The molecule has 3 aliphatic heterocycles.